The van der Waals surface area contributed by atoms with E-state index in [9.17, 15) is 9.18 Å². The van der Waals surface area contributed by atoms with E-state index in [2.05, 4.69) is 31.4 Å². The van der Waals surface area contributed by atoms with E-state index in [-0.39, 0.29) is 23.8 Å². The Morgan fingerprint density at radius 3 is 2.30 bits per heavy atom. The number of benzene rings is 1. The van der Waals surface area contributed by atoms with Gasteiger partial charge in [0.25, 0.3) is 0 Å². The quantitative estimate of drug-likeness (QED) is 0.806. The zero-order chi connectivity index (χ0) is 15.1. The van der Waals surface area contributed by atoms with Gasteiger partial charge in [-0.15, -0.1) is 0 Å². The Bertz CT molecular complexity index is 417. The SMILES string of the molecule is CCC(NC(CC(C)C)C(=O)NC)c1ccc(F)cc1. The highest BCUT2D eigenvalue weighted by Gasteiger charge is 2.22. The summed E-state index contributed by atoms with van der Waals surface area (Å²) in [4.78, 5) is 12.0. The summed E-state index contributed by atoms with van der Waals surface area (Å²) in [5, 5.41) is 6.09. The molecule has 0 aliphatic heterocycles. The number of hydrogen-bond donors (Lipinski definition) is 2. The van der Waals surface area contributed by atoms with Crippen molar-refractivity contribution in [2.75, 3.05) is 7.05 Å². The van der Waals surface area contributed by atoms with Gasteiger partial charge in [-0.3, -0.25) is 10.1 Å². The molecule has 2 atom stereocenters. The Kier molecular flexibility index (Phi) is 6.65. The largest absolute Gasteiger partial charge is 0.358 e. The van der Waals surface area contributed by atoms with E-state index in [1.165, 1.54) is 12.1 Å². The van der Waals surface area contributed by atoms with Crippen LogP contribution in [0.1, 0.15) is 45.2 Å². The van der Waals surface area contributed by atoms with Gasteiger partial charge < -0.3 is 5.32 Å². The molecule has 1 rings (SSSR count). The molecule has 2 unspecified atom stereocenters. The molecule has 1 amide bonds. The number of carbonyl (C=O) groups is 1. The van der Waals surface area contributed by atoms with Crippen molar-refractivity contribution in [3.63, 3.8) is 0 Å². The van der Waals surface area contributed by atoms with Crippen LogP contribution in [0.4, 0.5) is 4.39 Å². The summed E-state index contributed by atoms with van der Waals surface area (Å²) >= 11 is 0. The molecule has 4 heteroatoms. The van der Waals surface area contributed by atoms with Gasteiger partial charge in [-0.1, -0.05) is 32.9 Å². The molecule has 1 aromatic rings. The van der Waals surface area contributed by atoms with Gasteiger partial charge in [-0.25, -0.2) is 4.39 Å². The van der Waals surface area contributed by atoms with Gasteiger partial charge in [0.1, 0.15) is 5.82 Å². The lowest BCUT2D eigenvalue weighted by Crippen LogP contribution is -2.45. The molecule has 1 aromatic carbocycles. The molecule has 0 fully saturated rings. The molecule has 2 N–H and O–H groups in total. The van der Waals surface area contributed by atoms with Crippen LogP contribution in [0.5, 0.6) is 0 Å². The van der Waals surface area contributed by atoms with Gasteiger partial charge in [-0.2, -0.15) is 0 Å². The number of rotatable bonds is 7. The summed E-state index contributed by atoms with van der Waals surface area (Å²) in [5.74, 6) is 0.184. The van der Waals surface area contributed by atoms with E-state index in [1.54, 1.807) is 19.2 Å². The summed E-state index contributed by atoms with van der Waals surface area (Å²) in [7, 11) is 1.65. The molecule has 0 heterocycles. The zero-order valence-electron chi connectivity index (χ0n) is 12.7. The Morgan fingerprint density at radius 2 is 1.85 bits per heavy atom. The van der Waals surface area contributed by atoms with E-state index >= 15 is 0 Å². The first-order valence-electron chi connectivity index (χ1n) is 7.21. The number of hydrogen-bond acceptors (Lipinski definition) is 2. The lowest BCUT2D eigenvalue weighted by Gasteiger charge is -2.25. The Morgan fingerprint density at radius 1 is 1.25 bits per heavy atom. The number of likely N-dealkylation sites (N-methyl/N-ethyl adjacent to an activating group) is 1. The van der Waals surface area contributed by atoms with E-state index in [0.29, 0.717) is 5.92 Å². The molecule has 112 valence electrons. The van der Waals surface area contributed by atoms with Crippen LogP contribution in [0.25, 0.3) is 0 Å². The standard InChI is InChI=1S/C16H25FN2O/c1-5-14(12-6-8-13(17)9-7-12)19-15(10-11(2)3)16(20)18-4/h6-9,11,14-15,19H,5,10H2,1-4H3,(H,18,20). The summed E-state index contributed by atoms with van der Waals surface area (Å²) in [5.41, 5.74) is 1.01. The molecule has 0 aliphatic rings. The van der Waals surface area contributed by atoms with Crippen LogP contribution < -0.4 is 10.6 Å². The average Bonchev–Trinajstić information content (AvgIpc) is 2.43. The van der Waals surface area contributed by atoms with Crippen molar-refractivity contribution in [1.29, 1.82) is 0 Å². The van der Waals surface area contributed by atoms with Gasteiger partial charge in [0.15, 0.2) is 0 Å². The Hall–Kier alpha value is -1.42. The number of amides is 1. The Balaban J connectivity index is 2.82. The molecular formula is C16H25FN2O. The van der Waals surface area contributed by atoms with Gasteiger partial charge in [0.05, 0.1) is 6.04 Å². The van der Waals surface area contributed by atoms with E-state index < -0.39 is 0 Å². The molecule has 0 saturated heterocycles. The summed E-state index contributed by atoms with van der Waals surface area (Å²) < 4.78 is 13.0. The minimum absolute atomic E-state index is 0.000684. The predicted molar refractivity (Wildman–Crippen MR) is 79.9 cm³/mol. The number of nitrogens with one attached hydrogen (secondary N) is 2. The second-order valence-electron chi connectivity index (χ2n) is 5.48. The smallest absolute Gasteiger partial charge is 0.236 e. The molecule has 0 radical (unpaired) electrons. The lowest BCUT2D eigenvalue weighted by molar-refractivity contribution is -0.123. The second-order valence-corrected chi connectivity index (χ2v) is 5.48. The van der Waals surface area contributed by atoms with Crippen molar-refractivity contribution in [3.8, 4) is 0 Å². The number of halogens is 1. The third-order valence-electron chi connectivity index (χ3n) is 3.35. The minimum atomic E-state index is -0.242. The monoisotopic (exact) mass is 280 g/mol. The first-order valence-corrected chi connectivity index (χ1v) is 7.21. The van der Waals surface area contributed by atoms with Crippen molar-refractivity contribution in [2.45, 2.75) is 45.7 Å². The highest BCUT2D eigenvalue weighted by Crippen LogP contribution is 2.19. The van der Waals surface area contributed by atoms with Crippen molar-refractivity contribution >= 4 is 5.91 Å². The molecule has 20 heavy (non-hydrogen) atoms. The van der Waals surface area contributed by atoms with Crippen molar-refractivity contribution in [1.82, 2.24) is 10.6 Å². The molecule has 0 saturated carbocycles. The van der Waals surface area contributed by atoms with Gasteiger partial charge in [-0.05, 0) is 36.5 Å². The van der Waals surface area contributed by atoms with Crippen LogP contribution in [-0.2, 0) is 4.79 Å². The van der Waals surface area contributed by atoms with Crippen LogP contribution >= 0.6 is 0 Å². The van der Waals surface area contributed by atoms with Gasteiger partial charge in [0.2, 0.25) is 5.91 Å². The topological polar surface area (TPSA) is 41.1 Å². The predicted octanol–water partition coefficient (Wildman–Crippen LogP) is 3.03. The average molecular weight is 280 g/mol. The third kappa shape index (κ3) is 4.93. The summed E-state index contributed by atoms with van der Waals surface area (Å²) in [6, 6.07) is 6.28. The van der Waals surface area contributed by atoms with E-state index in [4.69, 9.17) is 0 Å². The maximum absolute atomic E-state index is 13.0. The molecule has 0 aliphatic carbocycles. The molecule has 3 nitrogen and oxygen atoms in total. The highest BCUT2D eigenvalue weighted by atomic mass is 19.1. The van der Waals surface area contributed by atoms with Crippen molar-refractivity contribution in [2.24, 2.45) is 5.92 Å². The molecule has 0 aromatic heterocycles. The fraction of sp³-hybridized carbons (Fsp3) is 0.562. The third-order valence-corrected chi connectivity index (χ3v) is 3.35. The fourth-order valence-corrected chi connectivity index (χ4v) is 2.28. The van der Waals surface area contributed by atoms with Crippen LogP contribution in [-0.4, -0.2) is 19.0 Å². The van der Waals surface area contributed by atoms with E-state index in [1.807, 2.05) is 0 Å². The van der Waals surface area contributed by atoms with Crippen LogP contribution in [0, 0.1) is 11.7 Å². The van der Waals surface area contributed by atoms with Gasteiger partial charge >= 0.3 is 0 Å². The lowest BCUT2D eigenvalue weighted by atomic mass is 9.99. The van der Waals surface area contributed by atoms with E-state index in [0.717, 1.165) is 18.4 Å². The van der Waals surface area contributed by atoms with Crippen LogP contribution in [0.15, 0.2) is 24.3 Å². The highest BCUT2D eigenvalue weighted by molar-refractivity contribution is 5.81. The molecule has 0 spiro atoms. The van der Waals surface area contributed by atoms with Crippen molar-refractivity contribution in [3.05, 3.63) is 35.6 Å². The van der Waals surface area contributed by atoms with Crippen LogP contribution in [0.3, 0.4) is 0 Å². The summed E-state index contributed by atoms with van der Waals surface area (Å²) in [6.45, 7) is 6.24. The Labute approximate surface area is 121 Å². The second kappa shape index (κ2) is 8.00. The maximum atomic E-state index is 13.0. The zero-order valence-corrected chi connectivity index (χ0v) is 12.7. The maximum Gasteiger partial charge on any atom is 0.236 e. The summed E-state index contributed by atoms with van der Waals surface area (Å²) in [6.07, 6.45) is 1.62. The number of carbonyl (C=O) groups excluding carboxylic acids is 1. The molecule has 0 bridgehead atoms. The van der Waals surface area contributed by atoms with Gasteiger partial charge in [0, 0.05) is 13.1 Å². The van der Waals surface area contributed by atoms with Crippen molar-refractivity contribution < 1.29 is 9.18 Å². The normalized spacial score (nSPS) is 14.1. The first-order chi connectivity index (χ1) is 9.47. The molecular weight excluding hydrogens is 255 g/mol. The fourth-order valence-electron chi connectivity index (χ4n) is 2.28. The van der Waals surface area contributed by atoms with Crippen LogP contribution in [0.2, 0.25) is 0 Å². The minimum Gasteiger partial charge on any atom is -0.358 e. The first kappa shape index (κ1) is 16.6.